The van der Waals surface area contributed by atoms with Gasteiger partial charge in [0.1, 0.15) is 0 Å². The molecule has 6 nitrogen and oxygen atoms in total. The zero-order valence-corrected chi connectivity index (χ0v) is 16.1. The first-order chi connectivity index (χ1) is 12.1. The van der Waals surface area contributed by atoms with Gasteiger partial charge < -0.3 is 4.74 Å². The molecular formula is C18H18N2O4S2. The summed E-state index contributed by atoms with van der Waals surface area (Å²) in [6.45, 7) is 5.31. The van der Waals surface area contributed by atoms with Crippen molar-refractivity contribution in [3.8, 4) is 0 Å². The Morgan fingerprint density at radius 1 is 1.15 bits per heavy atom. The number of sulfonamides is 1. The Bertz CT molecular complexity index is 981. The minimum absolute atomic E-state index is 0.134. The second kappa shape index (κ2) is 6.79. The van der Waals surface area contributed by atoms with Crippen molar-refractivity contribution in [3.05, 3.63) is 57.9 Å². The van der Waals surface area contributed by atoms with E-state index in [4.69, 9.17) is 4.74 Å². The molecule has 3 rings (SSSR count). The van der Waals surface area contributed by atoms with E-state index < -0.39 is 21.5 Å². The van der Waals surface area contributed by atoms with Crippen molar-refractivity contribution in [2.45, 2.75) is 31.2 Å². The van der Waals surface area contributed by atoms with Crippen LogP contribution in [0.15, 0.2) is 56.7 Å². The highest BCUT2D eigenvalue weighted by molar-refractivity contribution is 7.89. The predicted octanol–water partition coefficient (Wildman–Crippen LogP) is 3.17. The number of nitrogens with one attached hydrogen (secondary N) is 1. The smallest absolute Gasteiger partial charge is 0.363 e. The van der Waals surface area contributed by atoms with Crippen LogP contribution in [0.2, 0.25) is 0 Å². The second-order valence-electron chi connectivity index (χ2n) is 6.77. The molecule has 1 aromatic carbocycles. The number of thiophene rings is 1. The predicted molar refractivity (Wildman–Crippen MR) is 101 cm³/mol. The summed E-state index contributed by atoms with van der Waals surface area (Å²) in [6.07, 6.45) is 1.65. The van der Waals surface area contributed by atoms with Gasteiger partial charge in [-0.1, -0.05) is 0 Å². The van der Waals surface area contributed by atoms with E-state index in [9.17, 15) is 13.2 Å². The minimum atomic E-state index is -3.62. The van der Waals surface area contributed by atoms with Gasteiger partial charge in [0.15, 0.2) is 5.70 Å². The van der Waals surface area contributed by atoms with E-state index in [1.807, 2.05) is 16.8 Å². The standard InChI is InChI=1S/C18H18N2O4S2/c1-18(2,3)20-26(22,23)14-6-4-13(5-7-14)16-19-15(17(21)24-16)10-12-8-9-25-11-12/h4-11,20H,1-3H3. The Kier molecular flexibility index (Phi) is 4.83. The van der Waals surface area contributed by atoms with Gasteiger partial charge in [0.25, 0.3) is 0 Å². The summed E-state index contributed by atoms with van der Waals surface area (Å²) in [5.74, 6) is -0.374. The molecule has 1 aliphatic rings. The van der Waals surface area contributed by atoms with Crippen molar-refractivity contribution in [2.24, 2.45) is 4.99 Å². The number of carbonyl (C=O) groups excluding carboxylic acids is 1. The zero-order valence-electron chi connectivity index (χ0n) is 14.5. The third kappa shape index (κ3) is 4.27. The van der Waals surface area contributed by atoms with Gasteiger partial charge in [-0.3, -0.25) is 0 Å². The van der Waals surface area contributed by atoms with E-state index >= 15 is 0 Å². The number of ether oxygens (including phenoxy) is 1. The van der Waals surface area contributed by atoms with Crippen molar-refractivity contribution >= 4 is 39.3 Å². The zero-order chi connectivity index (χ0) is 18.9. The lowest BCUT2D eigenvalue weighted by Crippen LogP contribution is -2.40. The number of hydrogen-bond acceptors (Lipinski definition) is 6. The Labute approximate surface area is 156 Å². The maximum Gasteiger partial charge on any atom is 0.363 e. The number of aliphatic imine (C=N–C) groups is 1. The average Bonchev–Trinajstić information content (AvgIpc) is 3.16. The van der Waals surface area contributed by atoms with Gasteiger partial charge in [-0.25, -0.2) is 22.9 Å². The monoisotopic (exact) mass is 390 g/mol. The molecule has 0 saturated carbocycles. The molecule has 0 aliphatic carbocycles. The molecule has 2 aromatic rings. The summed E-state index contributed by atoms with van der Waals surface area (Å²) in [7, 11) is -3.62. The molecular weight excluding hydrogens is 372 g/mol. The number of carbonyl (C=O) groups is 1. The van der Waals surface area contributed by atoms with Crippen LogP contribution >= 0.6 is 11.3 Å². The van der Waals surface area contributed by atoms with Crippen LogP contribution < -0.4 is 4.72 Å². The first-order valence-electron chi connectivity index (χ1n) is 7.83. The molecule has 0 atom stereocenters. The number of nitrogens with zero attached hydrogens (tertiary/aromatic N) is 1. The molecule has 1 N–H and O–H groups in total. The number of benzene rings is 1. The molecule has 1 aliphatic heterocycles. The molecule has 26 heavy (non-hydrogen) atoms. The molecule has 2 heterocycles. The molecule has 0 amide bonds. The van der Waals surface area contributed by atoms with Gasteiger partial charge in [-0.2, -0.15) is 11.3 Å². The molecule has 0 fully saturated rings. The van der Waals surface area contributed by atoms with Gasteiger partial charge in [-0.05, 0) is 73.5 Å². The van der Waals surface area contributed by atoms with Crippen LogP contribution in [0, 0.1) is 0 Å². The molecule has 136 valence electrons. The van der Waals surface area contributed by atoms with Gasteiger partial charge in [0.05, 0.1) is 4.90 Å². The number of esters is 1. The van der Waals surface area contributed by atoms with Gasteiger partial charge in [0.2, 0.25) is 15.9 Å². The highest BCUT2D eigenvalue weighted by atomic mass is 32.2. The highest BCUT2D eigenvalue weighted by Crippen LogP contribution is 2.21. The van der Waals surface area contributed by atoms with Crippen LogP contribution in [-0.4, -0.2) is 25.8 Å². The van der Waals surface area contributed by atoms with E-state index in [2.05, 4.69) is 9.71 Å². The molecule has 8 heteroatoms. The molecule has 0 bridgehead atoms. The van der Waals surface area contributed by atoms with E-state index in [0.717, 1.165) is 5.56 Å². The van der Waals surface area contributed by atoms with Crippen LogP contribution in [0.4, 0.5) is 0 Å². The summed E-state index contributed by atoms with van der Waals surface area (Å²) in [4.78, 5) is 16.3. The summed E-state index contributed by atoms with van der Waals surface area (Å²) in [5, 5.41) is 3.80. The number of hydrogen-bond donors (Lipinski definition) is 1. The van der Waals surface area contributed by atoms with Gasteiger partial charge in [0, 0.05) is 11.1 Å². The molecule has 1 aromatic heterocycles. The van der Waals surface area contributed by atoms with E-state index in [1.165, 1.54) is 23.5 Å². The van der Waals surface area contributed by atoms with E-state index in [-0.39, 0.29) is 16.5 Å². The maximum atomic E-state index is 12.3. The Morgan fingerprint density at radius 2 is 1.85 bits per heavy atom. The summed E-state index contributed by atoms with van der Waals surface area (Å²) >= 11 is 1.52. The van der Waals surface area contributed by atoms with Crippen molar-refractivity contribution in [2.75, 3.05) is 0 Å². The lowest BCUT2D eigenvalue weighted by atomic mass is 10.1. The fraction of sp³-hybridized carbons (Fsp3) is 0.222. The Hall–Kier alpha value is -2.29. The number of cyclic esters (lactones) is 1. The van der Waals surface area contributed by atoms with Crippen LogP contribution in [0.3, 0.4) is 0 Å². The molecule has 0 saturated heterocycles. The first kappa shape index (κ1) is 18.5. The number of rotatable bonds is 4. The maximum absolute atomic E-state index is 12.3. The summed E-state index contributed by atoms with van der Waals surface area (Å²) < 4.78 is 32.4. The fourth-order valence-electron chi connectivity index (χ4n) is 2.29. The van der Waals surface area contributed by atoms with Crippen molar-refractivity contribution in [3.63, 3.8) is 0 Å². The molecule has 0 unspecified atom stereocenters. The van der Waals surface area contributed by atoms with Gasteiger partial charge in [-0.15, -0.1) is 0 Å². The van der Waals surface area contributed by atoms with E-state index in [1.54, 1.807) is 39.0 Å². The third-order valence-electron chi connectivity index (χ3n) is 3.32. The average molecular weight is 390 g/mol. The lowest BCUT2D eigenvalue weighted by molar-refractivity contribution is -0.129. The minimum Gasteiger partial charge on any atom is -0.402 e. The van der Waals surface area contributed by atoms with Crippen LogP contribution in [0.1, 0.15) is 31.9 Å². The topological polar surface area (TPSA) is 84.8 Å². The van der Waals surface area contributed by atoms with Crippen LogP contribution in [0.5, 0.6) is 0 Å². The SMILES string of the molecule is CC(C)(C)NS(=O)(=O)c1ccc(C2=NC(=Cc3ccsc3)C(=O)O2)cc1. The molecule has 0 radical (unpaired) electrons. The van der Waals surface area contributed by atoms with Gasteiger partial charge >= 0.3 is 5.97 Å². The summed E-state index contributed by atoms with van der Waals surface area (Å²) in [6, 6.07) is 7.93. The van der Waals surface area contributed by atoms with Crippen molar-refractivity contribution in [1.82, 2.24) is 4.72 Å². The Morgan fingerprint density at radius 3 is 2.42 bits per heavy atom. The first-order valence-corrected chi connectivity index (χ1v) is 10.3. The molecule has 0 spiro atoms. The van der Waals surface area contributed by atoms with Crippen LogP contribution in [0.25, 0.3) is 6.08 Å². The highest BCUT2D eigenvalue weighted by Gasteiger charge is 2.25. The Balaban J connectivity index is 1.84. The third-order valence-corrected chi connectivity index (χ3v) is 5.79. The normalized spacial score (nSPS) is 16.7. The van der Waals surface area contributed by atoms with Crippen LogP contribution in [-0.2, 0) is 19.6 Å². The summed E-state index contributed by atoms with van der Waals surface area (Å²) in [5.41, 5.74) is 1.04. The fourth-order valence-corrected chi connectivity index (χ4v) is 4.32. The van der Waals surface area contributed by atoms with E-state index in [0.29, 0.717) is 5.56 Å². The largest absolute Gasteiger partial charge is 0.402 e. The second-order valence-corrected chi connectivity index (χ2v) is 9.24. The quantitative estimate of drug-likeness (QED) is 0.642. The lowest BCUT2D eigenvalue weighted by Gasteiger charge is -2.20. The van der Waals surface area contributed by atoms with Crippen molar-refractivity contribution < 1.29 is 17.9 Å². The van der Waals surface area contributed by atoms with Crippen molar-refractivity contribution in [1.29, 1.82) is 0 Å².